The Morgan fingerprint density at radius 3 is 2.10 bits per heavy atom. The second-order valence-corrected chi connectivity index (χ2v) is 4.25. The maximum Gasteiger partial charge on any atom is 0.573 e. The molecule has 6 heteroatoms. The maximum atomic E-state index is 12.0. The summed E-state index contributed by atoms with van der Waals surface area (Å²) < 4.78 is 39.8. The molecule has 2 aromatic rings. The zero-order valence-electron chi connectivity index (χ0n) is 10.7. The van der Waals surface area contributed by atoms with Gasteiger partial charge in [0.1, 0.15) is 11.9 Å². The SMILES string of the molecule is O=C(c1ccc(OC(F)(F)F)cc1)C(O)c1ccccc1. The van der Waals surface area contributed by atoms with Crippen LogP contribution in [-0.2, 0) is 0 Å². The molecule has 0 aliphatic rings. The first-order chi connectivity index (χ1) is 9.87. The van der Waals surface area contributed by atoms with Crippen LogP contribution in [0.2, 0.25) is 0 Å². The normalized spacial score (nSPS) is 12.8. The van der Waals surface area contributed by atoms with Gasteiger partial charge in [-0.1, -0.05) is 30.3 Å². The summed E-state index contributed by atoms with van der Waals surface area (Å²) in [6.45, 7) is 0. The number of hydrogen-bond acceptors (Lipinski definition) is 3. The number of aliphatic hydroxyl groups excluding tert-OH is 1. The second-order valence-electron chi connectivity index (χ2n) is 4.25. The third kappa shape index (κ3) is 4.06. The monoisotopic (exact) mass is 296 g/mol. The van der Waals surface area contributed by atoms with Gasteiger partial charge in [-0.15, -0.1) is 13.2 Å². The van der Waals surface area contributed by atoms with Crippen LogP contribution in [0.5, 0.6) is 5.75 Å². The molecule has 0 heterocycles. The fourth-order valence-corrected chi connectivity index (χ4v) is 1.77. The van der Waals surface area contributed by atoms with Crippen molar-refractivity contribution in [3.63, 3.8) is 0 Å². The number of hydrogen-bond donors (Lipinski definition) is 1. The highest BCUT2D eigenvalue weighted by Gasteiger charge is 2.31. The summed E-state index contributed by atoms with van der Waals surface area (Å²) in [6, 6.07) is 12.7. The van der Waals surface area contributed by atoms with Crippen molar-refractivity contribution < 1.29 is 27.8 Å². The van der Waals surface area contributed by atoms with E-state index in [9.17, 15) is 23.1 Å². The Labute approximate surface area is 118 Å². The van der Waals surface area contributed by atoms with Crippen LogP contribution in [0, 0.1) is 0 Å². The summed E-state index contributed by atoms with van der Waals surface area (Å²) in [4.78, 5) is 12.0. The molecule has 1 atom stereocenters. The summed E-state index contributed by atoms with van der Waals surface area (Å²) in [5, 5.41) is 9.94. The smallest absolute Gasteiger partial charge is 0.406 e. The zero-order chi connectivity index (χ0) is 15.5. The minimum atomic E-state index is -4.78. The molecule has 0 aromatic heterocycles. The number of ether oxygens (including phenoxy) is 1. The standard InChI is InChI=1S/C15H11F3O3/c16-15(17,18)21-12-8-6-11(7-9-12)14(20)13(19)10-4-2-1-3-5-10/h1-9,13,19H. The fourth-order valence-electron chi connectivity index (χ4n) is 1.77. The highest BCUT2D eigenvalue weighted by molar-refractivity contribution is 5.99. The molecule has 0 amide bonds. The van der Waals surface area contributed by atoms with Gasteiger partial charge in [-0.05, 0) is 29.8 Å². The van der Waals surface area contributed by atoms with Crippen molar-refractivity contribution in [3.05, 3.63) is 65.7 Å². The van der Waals surface area contributed by atoms with Crippen LogP contribution >= 0.6 is 0 Å². The van der Waals surface area contributed by atoms with Crippen molar-refractivity contribution in [2.24, 2.45) is 0 Å². The third-order valence-electron chi connectivity index (χ3n) is 2.74. The van der Waals surface area contributed by atoms with Crippen LogP contribution in [0.25, 0.3) is 0 Å². The summed E-state index contributed by atoms with van der Waals surface area (Å²) in [5.74, 6) is -1.02. The lowest BCUT2D eigenvalue weighted by molar-refractivity contribution is -0.274. The van der Waals surface area contributed by atoms with E-state index in [1.807, 2.05) is 0 Å². The van der Waals surface area contributed by atoms with Crippen LogP contribution < -0.4 is 4.74 Å². The van der Waals surface area contributed by atoms with E-state index in [1.165, 1.54) is 12.1 Å². The fraction of sp³-hybridized carbons (Fsp3) is 0.133. The molecular weight excluding hydrogens is 285 g/mol. The number of carbonyl (C=O) groups is 1. The van der Waals surface area contributed by atoms with Crippen LogP contribution in [0.4, 0.5) is 13.2 Å². The molecule has 3 nitrogen and oxygen atoms in total. The number of ketones is 1. The number of alkyl halides is 3. The quantitative estimate of drug-likeness (QED) is 0.878. The molecular formula is C15H11F3O3. The van der Waals surface area contributed by atoms with E-state index in [1.54, 1.807) is 30.3 Å². The largest absolute Gasteiger partial charge is 0.573 e. The average Bonchev–Trinajstić information content (AvgIpc) is 2.46. The summed E-state index contributed by atoms with van der Waals surface area (Å²) in [5.41, 5.74) is 0.513. The highest BCUT2D eigenvalue weighted by Crippen LogP contribution is 2.24. The Morgan fingerprint density at radius 2 is 1.57 bits per heavy atom. The van der Waals surface area contributed by atoms with Crippen molar-refractivity contribution in [1.82, 2.24) is 0 Å². The van der Waals surface area contributed by atoms with Gasteiger partial charge in [0.25, 0.3) is 0 Å². The molecule has 0 radical (unpaired) electrons. The van der Waals surface area contributed by atoms with Crippen LogP contribution in [0.3, 0.4) is 0 Å². The van der Waals surface area contributed by atoms with Crippen LogP contribution in [0.1, 0.15) is 22.0 Å². The molecule has 0 aliphatic carbocycles. The van der Waals surface area contributed by atoms with Gasteiger partial charge in [-0.2, -0.15) is 0 Å². The Balaban J connectivity index is 2.13. The van der Waals surface area contributed by atoms with E-state index in [0.717, 1.165) is 12.1 Å². The molecule has 0 saturated heterocycles. The van der Waals surface area contributed by atoms with E-state index < -0.39 is 24.0 Å². The van der Waals surface area contributed by atoms with Gasteiger partial charge in [0.15, 0.2) is 5.78 Å². The van der Waals surface area contributed by atoms with Crippen molar-refractivity contribution in [3.8, 4) is 5.75 Å². The van der Waals surface area contributed by atoms with E-state index in [0.29, 0.717) is 5.56 Å². The second kappa shape index (κ2) is 5.97. The van der Waals surface area contributed by atoms with Crippen LogP contribution in [-0.4, -0.2) is 17.3 Å². The van der Waals surface area contributed by atoms with E-state index in [4.69, 9.17) is 0 Å². The van der Waals surface area contributed by atoms with Gasteiger partial charge >= 0.3 is 6.36 Å². The number of benzene rings is 2. The predicted octanol–water partition coefficient (Wildman–Crippen LogP) is 3.50. The first-order valence-electron chi connectivity index (χ1n) is 6.00. The molecule has 110 valence electrons. The first-order valence-corrected chi connectivity index (χ1v) is 6.00. The molecule has 0 bridgehead atoms. The molecule has 0 fully saturated rings. The summed E-state index contributed by atoms with van der Waals surface area (Å²) in [7, 11) is 0. The minimum absolute atomic E-state index is 0.0980. The average molecular weight is 296 g/mol. The number of carbonyl (C=O) groups excluding carboxylic acids is 1. The Morgan fingerprint density at radius 1 is 1.00 bits per heavy atom. The molecule has 0 spiro atoms. The van der Waals surface area contributed by atoms with Gasteiger partial charge in [0.2, 0.25) is 0 Å². The van der Waals surface area contributed by atoms with Crippen molar-refractivity contribution in [2.45, 2.75) is 12.5 Å². The molecule has 0 aliphatic heterocycles. The van der Waals surface area contributed by atoms with Gasteiger partial charge in [0.05, 0.1) is 0 Å². The topological polar surface area (TPSA) is 46.5 Å². The molecule has 1 unspecified atom stereocenters. The number of aliphatic hydroxyl groups is 1. The molecule has 21 heavy (non-hydrogen) atoms. The Hall–Kier alpha value is -2.34. The zero-order valence-corrected chi connectivity index (χ0v) is 10.7. The third-order valence-corrected chi connectivity index (χ3v) is 2.74. The minimum Gasteiger partial charge on any atom is -0.406 e. The maximum absolute atomic E-state index is 12.0. The van der Waals surface area contributed by atoms with Gasteiger partial charge in [-0.25, -0.2) is 0 Å². The van der Waals surface area contributed by atoms with E-state index in [-0.39, 0.29) is 5.56 Å². The molecule has 0 saturated carbocycles. The summed E-state index contributed by atoms with van der Waals surface area (Å²) in [6.07, 6.45) is -6.14. The van der Waals surface area contributed by atoms with Gasteiger partial charge in [0, 0.05) is 5.56 Å². The van der Waals surface area contributed by atoms with Gasteiger partial charge in [-0.3, -0.25) is 4.79 Å². The Kier molecular flexibility index (Phi) is 4.28. The lowest BCUT2D eigenvalue weighted by Crippen LogP contribution is -2.17. The van der Waals surface area contributed by atoms with E-state index >= 15 is 0 Å². The highest BCUT2D eigenvalue weighted by atomic mass is 19.4. The number of halogens is 3. The summed E-state index contributed by atoms with van der Waals surface area (Å²) >= 11 is 0. The van der Waals surface area contributed by atoms with Crippen molar-refractivity contribution in [2.75, 3.05) is 0 Å². The predicted molar refractivity (Wildman–Crippen MR) is 68.9 cm³/mol. The lowest BCUT2D eigenvalue weighted by atomic mass is 10.00. The number of Topliss-reactive ketones (excluding diaryl/α,β-unsaturated/α-hetero) is 1. The van der Waals surface area contributed by atoms with Crippen molar-refractivity contribution >= 4 is 5.78 Å². The van der Waals surface area contributed by atoms with Crippen molar-refractivity contribution in [1.29, 1.82) is 0 Å². The first kappa shape index (κ1) is 15.1. The molecule has 2 aromatic carbocycles. The van der Waals surface area contributed by atoms with Gasteiger partial charge < -0.3 is 9.84 Å². The van der Waals surface area contributed by atoms with E-state index in [2.05, 4.69) is 4.74 Å². The molecule has 2 rings (SSSR count). The Bertz CT molecular complexity index is 606. The molecule has 1 N–H and O–H groups in total. The number of rotatable bonds is 4. The van der Waals surface area contributed by atoms with Crippen LogP contribution in [0.15, 0.2) is 54.6 Å². The lowest BCUT2D eigenvalue weighted by Gasteiger charge is -2.11.